The molecule has 2 aromatic heterocycles. The Morgan fingerprint density at radius 2 is 1.89 bits per heavy atom. The van der Waals surface area contributed by atoms with Gasteiger partial charge in [-0.1, -0.05) is 73.5 Å². The number of hydrogen-bond donors (Lipinski definition) is 2. The van der Waals surface area contributed by atoms with E-state index in [0.29, 0.717) is 18.1 Å². The number of unbranched alkanes of at least 4 members (excludes halogenated alkanes) is 1. The first kappa shape index (κ1) is 24.6. The van der Waals surface area contributed by atoms with Crippen LogP contribution in [0.3, 0.4) is 0 Å². The molecular formula is C25H28ClN7O2. The molecule has 0 fully saturated rings. The number of hydrogen-bond acceptors (Lipinski definition) is 7. The smallest absolute Gasteiger partial charge is 0.331 e. The summed E-state index contributed by atoms with van der Waals surface area (Å²) in [7, 11) is 1.31. The van der Waals surface area contributed by atoms with Crippen molar-refractivity contribution in [3.8, 4) is 22.5 Å². The Bertz CT molecular complexity index is 1300. The van der Waals surface area contributed by atoms with Crippen molar-refractivity contribution in [3.63, 3.8) is 0 Å². The van der Waals surface area contributed by atoms with Gasteiger partial charge in [-0.2, -0.15) is 5.21 Å². The molecule has 0 amide bonds. The molecule has 0 aliphatic heterocycles. The number of rotatable bonds is 9. The van der Waals surface area contributed by atoms with Crippen molar-refractivity contribution in [2.75, 3.05) is 7.11 Å². The molecule has 0 bridgehead atoms. The number of benzene rings is 2. The Labute approximate surface area is 208 Å². The van der Waals surface area contributed by atoms with E-state index < -0.39 is 11.5 Å². The van der Waals surface area contributed by atoms with Crippen molar-refractivity contribution >= 4 is 17.6 Å². The number of nitrogens with two attached hydrogens (primary N) is 1. The Balaban J connectivity index is 1.70. The standard InChI is InChI=1S/C25H28ClN7O2/c1-4-5-10-20-28-22(26)21(25(2,27)24(34)35-3)33(20)15-16-11-13-17(14-12-16)18-8-6-7-9-19(18)23-29-31-32-30-23/h6-9,11-14H,4-5,10,15,27H2,1-3H3,(H,29,30,31,32)/t25-/m1/s1. The average molecular weight is 494 g/mol. The van der Waals surface area contributed by atoms with Crippen LogP contribution in [0.2, 0.25) is 5.15 Å². The van der Waals surface area contributed by atoms with Gasteiger partial charge in [0.1, 0.15) is 5.82 Å². The Morgan fingerprint density at radius 1 is 1.17 bits per heavy atom. The lowest BCUT2D eigenvalue weighted by Gasteiger charge is -2.24. The predicted octanol–water partition coefficient (Wildman–Crippen LogP) is 4.12. The number of imidazole rings is 1. The third kappa shape index (κ3) is 4.96. The summed E-state index contributed by atoms with van der Waals surface area (Å²) >= 11 is 6.51. The molecule has 4 rings (SSSR count). The maximum atomic E-state index is 12.5. The van der Waals surface area contributed by atoms with Crippen LogP contribution in [0.15, 0.2) is 48.5 Å². The highest BCUT2D eigenvalue weighted by atomic mass is 35.5. The molecule has 0 radical (unpaired) electrons. The summed E-state index contributed by atoms with van der Waals surface area (Å²) in [6.07, 6.45) is 2.67. The number of aryl methyl sites for hydroxylation is 1. The first-order valence-corrected chi connectivity index (χ1v) is 11.8. The SMILES string of the molecule is CCCCc1nc(Cl)c([C@@](C)(N)C(=O)OC)n1Cc1ccc(-c2ccccc2-c2nn[nH]n2)cc1. The third-order valence-corrected chi connectivity index (χ3v) is 6.24. The maximum absolute atomic E-state index is 12.5. The first-order valence-electron chi connectivity index (χ1n) is 11.4. The molecule has 2 heterocycles. The van der Waals surface area contributed by atoms with Gasteiger partial charge < -0.3 is 15.0 Å². The van der Waals surface area contributed by atoms with Crippen LogP contribution in [0, 0.1) is 0 Å². The fourth-order valence-corrected chi connectivity index (χ4v) is 4.54. The van der Waals surface area contributed by atoms with E-state index in [1.807, 2.05) is 53.1 Å². The van der Waals surface area contributed by atoms with Crippen molar-refractivity contribution in [1.82, 2.24) is 30.2 Å². The van der Waals surface area contributed by atoms with E-state index in [-0.39, 0.29) is 5.15 Å². The molecule has 35 heavy (non-hydrogen) atoms. The van der Waals surface area contributed by atoms with E-state index in [9.17, 15) is 4.79 Å². The number of aromatic nitrogens is 6. The van der Waals surface area contributed by atoms with Crippen LogP contribution in [0.5, 0.6) is 0 Å². The lowest BCUT2D eigenvalue weighted by molar-refractivity contribution is -0.147. The molecule has 0 aliphatic carbocycles. The van der Waals surface area contributed by atoms with Crippen LogP contribution in [-0.4, -0.2) is 43.3 Å². The van der Waals surface area contributed by atoms with Crippen LogP contribution >= 0.6 is 11.6 Å². The van der Waals surface area contributed by atoms with Gasteiger partial charge in [-0.3, -0.25) is 0 Å². The zero-order valence-electron chi connectivity index (χ0n) is 20.0. The molecule has 182 valence electrons. The number of esters is 1. The van der Waals surface area contributed by atoms with Gasteiger partial charge in [0, 0.05) is 18.5 Å². The van der Waals surface area contributed by atoms with Crippen molar-refractivity contribution in [3.05, 3.63) is 70.8 Å². The van der Waals surface area contributed by atoms with Crippen LogP contribution in [0.4, 0.5) is 0 Å². The van der Waals surface area contributed by atoms with Crippen LogP contribution in [-0.2, 0) is 28.0 Å². The highest BCUT2D eigenvalue weighted by Gasteiger charge is 2.38. The van der Waals surface area contributed by atoms with E-state index in [0.717, 1.165) is 47.3 Å². The van der Waals surface area contributed by atoms with Crippen molar-refractivity contribution in [1.29, 1.82) is 0 Å². The number of carbonyl (C=O) groups excluding carboxylic acids is 1. The highest BCUT2D eigenvalue weighted by Crippen LogP contribution is 2.32. The zero-order chi connectivity index (χ0) is 25.0. The minimum absolute atomic E-state index is 0.220. The van der Waals surface area contributed by atoms with E-state index in [1.165, 1.54) is 7.11 Å². The molecule has 3 N–H and O–H groups in total. The molecule has 0 spiro atoms. The minimum Gasteiger partial charge on any atom is -0.467 e. The summed E-state index contributed by atoms with van der Waals surface area (Å²) < 4.78 is 6.89. The molecule has 10 heteroatoms. The van der Waals surface area contributed by atoms with E-state index >= 15 is 0 Å². The molecule has 0 saturated heterocycles. The molecule has 2 aromatic carbocycles. The Morgan fingerprint density at radius 3 is 2.51 bits per heavy atom. The molecule has 0 aliphatic rings. The number of nitrogens with one attached hydrogen (secondary N) is 1. The number of methoxy groups -OCH3 is 1. The van der Waals surface area contributed by atoms with Gasteiger partial charge in [-0.05, 0) is 35.2 Å². The fourth-order valence-electron chi connectivity index (χ4n) is 4.14. The quantitative estimate of drug-likeness (QED) is 0.336. The first-order chi connectivity index (χ1) is 16.9. The Hall–Kier alpha value is -3.56. The minimum atomic E-state index is -1.44. The lowest BCUT2D eigenvalue weighted by atomic mass is 9.97. The fraction of sp³-hybridized carbons (Fsp3) is 0.320. The summed E-state index contributed by atoms with van der Waals surface area (Å²) in [5.74, 6) is 0.753. The van der Waals surface area contributed by atoms with Gasteiger partial charge in [-0.25, -0.2) is 9.78 Å². The molecule has 9 nitrogen and oxygen atoms in total. The van der Waals surface area contributed by atoms with E-state index in [2.05, 4.69) is 32.5 Å². The second kappa shape index (κ2) is 10.4. The second-order valence-electron chi connectivity index (χ2n) is 8.53. The van der Waals surface area contributed by atoms with E-state index in [1.54, 1.807) is 6.92 Å². The van der Waals surface area contributed by atoms with E-state index in [4.69, 9.17) is 22.1 Å². The predicted molar refractivity (Wildman–Crippen MR) is 134 cm³/mol. The molecule has 0 unspecified atom stereocenters. The average Bonchev–Trinajstić information content (AvgIpc) is 3.51. The van der Waals surface area contributed by atoms with Gasteiger partial charge in [0.05, 0.1) is 12.8 Å². The van der Waals surface area contributed by atoms with Crippen LogP contribution in [0.25, 0.3) is 22.5 Å². The number of tetrazole rings is 1. The summed E-state index contributed by atoms with van der Waals surface area (Å²) in [5.41, 5.74) is 9.33. The highest BCUT2D eigenvalue weighted by molar-refractivity contribution is 6.30. The van der Waals surface area contributed by atoms with Gasteiger partial charge >= 0.3 is 5.97 Å². The van der Waals surface area contributed by atoms with Gasteiger partial charge in [-0.15, -0.1) is 10.2 Å². The largest absolute Gasteiger partial charge is 0.467 e. The van der Waals surface area contributed by atoms with Crippen molar-refractivity contribution in [2.24, 2.45) is 5.73 Å². The number of halogens is 1. The number of carbonyl (C=O) groups is 1. The second-order valence-corrected chi connectivity index (χ2v) is 8.89. The topological polar surface area (TPSA) is 125 Å². The van der Waals surface area contributed by atoms with Gasteiger partial charge in [0.25, 0.3) is 0 Å². The van der Waals surface area contributed by atoms with Crippen molar-refractivity contribution in [2.45, 2.75) is 45.2 Å². The normalized spacial score (nSPS) is 12.9. The summed E-state index contributed by atoms with van der Waals surface area (Å²) in [5, 5.41) is 14.6. The maximum Gasteiger partial charge on any atom is 0.331 e. The van der Waals surface area contributed by atoms with Crippen LogP contribution < -0.4 is 5.73 Å². The zero-order valence-corrected chi connectivity index (χ0v) is 20.7. The monoisotopic (exact) mass is 493 g/mol. The van der Waals surface area contributed by atoms with Gasteiger partial charge in [0.15, 0.2) is 10.7 Å². The number of H-pyrrole nitrogens is 1. The lowest BCUT2D eigenvalue weighted by Crippen LogP contribution is -2.44. The molecule has 0 saturated carbocycles. The molecular weight excluding hydrogens is 466 g/mol. The number of ether oxygens (including phenoxy) is 1. The summed E-state index contributed by atoms with van der Waals surface area (Å²) in [6.45, 7) is 4.17. The van der Waals surface area contributed by atoms with Crippen LogP contribution in [0.1, 0.15) is 43.8 Å². The van der Waals surface area contributed by atoms with Gasteiger partial charge in [0.2, 0.25) is 5.82 Å². The number of nitrogens with zero attached hydrogens (tertiary/aromatic N) is 5. The summed E-state index contributed by atoms with van der Waals surface area (Å²) in [4.78, 5) is 17.0. The third-order valence-electron chi connectivity index (χ3n) is 5.98. The Kier molecular flexibility index (Phi) is 7.28. The van der Waals surface area contributed by atoms with Crippen molar-refractivity contribution < 1.29 is 9.53 Å². The molecule has 1 atom stereocenters. The summed E-state index contributed by atoms with van der Waals surface area (Å²) in [6, 6.07) is 16.1. The molecule has 4 aromatic rings. The number of aromatic amines is 1.